The molecular formula is C24H36FNSi. The smallest absolute Gasteiger partial charge is 0.141 e. The Balaban J connectivity index is 1.31. The summed E-state index contributed by atoms with van der Waals surface area (Å²) in [7, 11) is -0.303. The van der Waals surface area contributed by atoms with Crippen LogP contribution in [-0.2, 0) is 6.42 Å². The van der Waals surface area contributed by atoms with E-state index in [1.165, 1.54) is 44.6 Å². The fourth-order valence-corrected chi connectivity index (χ4v) is 8.49. The molecule has 0 amide bonds. The summed E-state index contributed by atoms with van der Waals surface area (Å²) in [5, 5.41) is 8.80. The van der Waals surface area contributed by atoms with E-state index in [0.717, 1.165) is 36.2 Å². The summed E-state index contributed by atoms with van der Waals surface area (Å²) in [6.45, 7) is 2.42. The van der Waals surface area contributed by atoms with Crippen LogP contribution in [0.4, 0.5) is 4.39 Å². The molecule has 1 aliphatic heterocycles. The third-order valence-corrected chi connectivity index (χ3v) is 11.0. The molecule has 0 N–H and O–H groups in total. The Kier molecular flexibility index (Phi) is 7.94. The predicted molar refractivity (Wildman–Crippen MR) is 114 cm³/mol. The van der Waals surface area contributed by atoms with Crippen molar-refractivity contribution in [1.82, 2.24) is 0 Å². The molecule has 1 heterocycles. The van der Waals surface area contributed by atoms with Gasteiger partial charge in [0, 0.05) is 8.80 Å². The summed E-state index contributed by atoms with van der Waals surface area (Å²) >= 11 is 0. The number of benzene rings is 1. The molecule has 0 radical (unpaired) electrons. The fraction of sp³-hybridized carbons (Fsp3) is 0.708. The summed E-state index contributed by atoms with van der Waals surface area (Å²) in [4.78, 5) is 0. The molecule has 0 atom stereocenters. The Hall–Kier alpha value is -1.14. The van der Waals surface area contributed by atoms with Crippen molar-refractivity contribution < 1.29 is 4.39 Å². The number of unbranched alkanes of at least 4 members (excludes halogenated alkanes) is 1. The highest BCUT2D eigenvalue weighted by Gasteiger charge is 2.30. The van der Waals surface area contributed by atoms with Crippen molar-refractivity contribution in [2.45, 2.75) is 89.3 Å². The molecule has 0 unspecified atom stereocenters. The third-order valence-electron chi connectivity index (χ3n) is 7.51. The number of hydrogen-bond acceptors (Lipinski definition) is 1. The maximum absolute atomic E-state index is 13.7. The Morgan fingerprint density at radius 1 is 1.04 bits per heavy atom. The topological polar surface area (TPSA) is 23.8 Å². The summed E-state index contributed by atoms with van der Waals surface area (Å²) in [6.07, 6.45) is 13.6. The first kappa shape index (κ1) is 20.6. The first-order valence-corrected chi connectivity index (χ1v) is 13.8. The van der Waals surface area contributed by atoms with Crippen LogP contribution in [0.25, 0.3) is 0 Å². The molecule has 2 fully saturated rings. The van der Waals surface area contributed by atoms with Gasteiger partial charge in [0.05, 0.1) is 5.56 Å². The molecule has 1 saturated heterocycles. The van der Waals surface area contributed by atoms with Crippen molar-refractivity contribution in [1.29, 1.82) is 5.26 Å². The Bertz CT molecular complexity index is 622. The van der Waals surface area contributed by atoms with Crippen LogP contribution < -0.4 is 0 Å². The molecule has 1 saturated carbocycles. The quantitative estimate of drug-likeness (QED) is 0.371. The van der Waals surface area contributed by atoms with Gasteiger partial charge in [-0.25, -0.2) is 4.39 Å². The van der Waals surface area contributed by atoms with Crippen LogP contribution in [0.2, 0.25) is 18.1 Å². The SMILES string of the molecule is CC[SiH]1CCC(C2CCC(CCCCc3ccc(C#N)c(F)c3)CC2)CC1. The van der Waals surface area contributed by atoms with Crippen LogP contribution in [0.15, 0.2) is 18.2 Å². The number of hydrogen-bond donors (Lipinski definition) is 0. The van der Waals surface area contributed by atoms with Gasteiger partial charge in [0.1, 0.15) is 11.9 Å². The van der Waals surface area contributed by atoms with Crippen LogP contribution in [0.3, 0.4) is 0 Å². The third kappa shape index (κ3) is 5.91. The Morgan fingerprint density at radius 3 is 2.37 bits per heavy atom. The van der Waals surface area contributed by atoms with Gasteiger partial charge >= 0.3 is 0 Å². The van der Waals surface area contributed by atoms with E-state index >= 15 is 0 Å². The van der Waals surface area contributed by atoms with Crippen LogP contribution in [0.5, 0.6) is 0 Å². The molecule has 2 aliphatic rings. The largest absolute Gasteiger partial charge is 0.206 e. The van der Waals surface area contributed by atoms with Gasteiger partial charge < -0.3 is 0 Å². The zero-order chi connectivity index (χ0) is 19.1. The van der Waals surface area contributed by atoms with Gasteiger partial charge in [-0.3, -0.25) is 0 Å². The summed E-state index contributed by atoms with van der Waals surface area (Å²) < 4.78 is 13.7. The molecule has 0 aromatic heterocycles. The van der Waals surface area contributed by atoms with Crippen molar-refractivity contribution in [3.05, 3.63) is 35.1 Å². The lowest BCUT2D eigenvalue weighted by Crippen LogP contribution is -2.28. The maximum atomic E-state index is 13.7. The number of rotatable bonds is 7. The van der Waals surface area contributed by atoms with E-state index in [0.29, 0.717) is 0 Å². The molecule has 1 nitrogen and oxygen atoms in total. The minimum absolute atomic E-state index is 0.154. The number of nitrogens with zero attached hydrogens (tertiary/aromatic N) is 1. The lowest BCUT2D eigenvalue weighted by atomic mass is 9.73. The normalized spacial score (nSPS) is 28.6. The second-order valence-electron chi connectivity index (χ2n) is 9.14. The van der Waals surface area contributed by atoms with E-state index in [1.54, 1.807) is 37.1 Å². The average molecular weight is 386 g/mol. The molecule has 148 valence electrons. The standard InChI is InChI=1S/C24H36FNSi/c1-2-27-15-13-22(14-16-27)21-10-7-19(8-11-21)5-3-4-6-20-9-12-23(18-26)24(25)17-20/h9,12,17,19,21-22,27H,2-8,10-11,13-16H2,1H3. The van der Waals surface area contributed by atoms with Crippen LogP contribution in [0.1, 0.15) is 75.8 Å². The number of nitriles is 1. The zero-order valence-corrected chi connectivity index (χ0v) is 18.2. The molecule has 1 aromatic rings. The average Bonchev–Trinajstić information content (AvgIpc) is 2.72. The molecular weight excluding hydrogens is 349 g/mol. The minimum atomic E-state index is -0.371. The van der Waals surface area contributed by atoms with E-state index in [4.69, 9.17) is 5.26 Å². The molecule has 27 heavy (non-hydrogen) atoms. The van der Waals surface area contributed by atoms with Gasteiger partial charge in [-0.1, -0.05) is 69.6 Å². The first-order chi connectivity index (χ1) is 13.2. The second kappa shape index (κ2) is 10.4. The van der Waals surface area contributed by atoms with Crippen LogP contribution in [-0.4, -0.2) is 8.80 Å². The Morgan fingerprint density at radius 2 is 1.74 bits per heavy atom. The van der Waals surface area contributed by atoms with E-state index in [1.807, 2.05) is 12.1 Å². The lowest BCUT2D eigenvalue weighted by molar-refractivity contribution is 0.184. The highest BCUT2D eigenvalue weighted by atomic mass is 28.3. The van der Waals surface area contributed by atoms with Crippen molar-refractivity contribution in [2.24, 2.45) is 17.8 Å². The van der Waals surface area contributed by atoms with Crippen molar-refractivity contribution in [2.75, 3.05) is 0 Å². The van der Waals surface area contributed by atoms with Crippen molar-refractivity contribution in [3.8, 4) is 6.07 Å². The van der Waals surface area contributed by atoms with Gasteiger partial charge in [-0.05, 0) is 61.1 Å². The fourth-order valence-electron chi connectivity index (χ4n) is 5.58. The maximum Gasteiger partial charge on any atom is 0.141 e. The molecule has 3 heteroatoms. The highest BCUT2D eigenvalue weighted by Crippen LogP contribution is 2.41. The predicted octanol–water partition coefficient (Wildman–Crippen LogP) is 6.87. The molecule has 3 rings (SSSR count). The van der Waals surface area contributed by atoms with E-state index < -0.39 is 0 Å². The lowest BCUT2D eigenvalue weighted by Gasteiger charge is -2.37. The van der Waals surface area contributed by atoms with Crippen LogP contribution in [0, 0.1) is 34.9 Å². The zero-order valence-electron chi connectivity index (χ0n) is 17.1. The molecule has 1 aromatic carbocycles. The minimum Gasteiger partial charge on any atom is -0.206 e. The summed E-state index contributed by atoms with van der Waals surface area (Å²) in [6, 6.07) is 11.7. The monoisotopic (exact) mass is 385 g/mol. The second-order valence-corrected chi connectivity index (χ2v) is 12.8. The van der Waals surface area contributed by atoms with Crippen molar-refractivity contribution >= 4 is 8.80 Å². The summed E-state index contributed by atoms with van der Waals surface area (Å²) in [5.74, 6) is 2.66. The van der Waals surface area contributed by atoms with Gasteiger partial charge in [0.15, 0.2) is 0 Å². The van der Waals surface area contributed by atoms with E-state index in [-0.39, 0.29) is 20.2 Å². The van der Waals surface area contributed by atoms with Crippen LogP contribution >= 0.6 is 0 Å². The molecule has 1 aliphatic carbocycles. The van der Waals surface area contributed by atoms with E-state index in [2.05, 4.69) is 6.92 Å². The van der Waals surface area contributed by atoms with Gasteiger partial charge in [0.25, 0.3) is 0 Å². The molecule has 0 bridgehead atoms. The van der Waals surface area contributed by atoms with E-state index in [9.17, 15) is 4.39 Å². The van der Waals surface area contributed by atoms with Gasteiger partial charge in [-0.15, -0.1) is 0 Å². The van der Waals surface area contributed by atoms with Gasteiger partial charge in [-0.2, -0.15) is 5.26 Å². The Labute approximate surface area is 167 Å². The van der Waals surface area contributed by atoms with Crippen molar-refractivity contribution in [3.63, 3.8) is 0 Å². The number of aryl methyl sites for hydroxylation is 1. The molecule has 0 spiro atoms. The highest BCUT2D eigenvalue weighted by molar-refractivity contribution is 6.58. The van der Waals surface area contributed by atoms with Gasteiger partial charge in [0.2, 0.25) is 0 Å². The number of halogens is 1. The first-order valence-electron chi connectivity index (χ1n) is 11.4. The summed E-state index contributed by atoms with van der Waals surface area (Å²) in [5.41, 5.74) is 1.18.